The molecule has 64 valence electrons. The molecule has 1 aliphatic rings. The Morgan fingerprint density at radius 1 is 1.64 bits per heavy atom. The zero-order chi connectivity index (χ0) is 8.10. The zero-order valence-corrected chi connectivity index (χ0v) is 7.34. The maximum atomic E-state index is 9.08. The molecular formula is C10H18O. The summed E-state index contributed by atoms with van der Waals surface area (Å²) >= 11 is 0. The first-order valence-corrected chi connectivity index (χ1v) is 4.68. The number of aliphatic hydroxyl groups excluding tert-OH is 1. The van der Waals surface area contributed by atoms with Gasteiger partial charge < -0.3 is 5.11 Å². The quantitative estimate of drug-likeness (QED) is 0.617. The van der Waals surface area contributed by atoms with Gasteiger partial charge in [0.25, 0.3) is 0 Å². The van der Waals surface area contributed by atoms with Gasteiger partial charge in [-0.1, -0.05) is 25.0 Å². The standard InChI is InChI=1S/C10H18O/c1-2-5-10(8-11)9-6-3-4-7-9/h6,10-11H,2-5,7-8H2,1H3. The number of hydrogen-bond donors (Lipinski definition) is 1. The molecule has 1 heteroatoms. The van der Waals surface area contributed by atoms with Crippen molar-refractivity contribution in [2.24, 2.45) is 5.92 Å². The van der Waals surface area contributed by atoms with E-state index in [9.17, 15) is 0 Å². The van der Waals surface area contributed by atoms with Crippen LogP contribution in [0.4, 0.5) is 0 Å². The first kappa shape index (κ1) is 8.79. The van der Waals surface area contributed by atoms with Crippen molar-refractivity contribution in [1.82, 2.24) is 0 Å². The molecule has 11 heavy (non-hydrogen) atoms. The Morgan fingerprint density at radius 3 is 2.91 bits per heavy atom. The van der Waals surface area contributed by atoms with Crippen molar-refractivity contribution in [2.75, 3.05) is 6.61 Å². The maximum absolute atomic E-state index is 9.08. The summed E-state index contributed by atoms with van der Waals surface area (Å²) in [6.07, 6.45) is 8.41. The van der Waals surface area contributed by atoms with E-state index in [2.05, 4.69) is 13.0 Å². The van der Waals surface area contributed by atoms with Crippen LogP contribution in [0.2, 0.25) is 0 Å². The lowest BCUT2D eigenvalue weighted by Gasteiger charge is -2.13. The smallest absolute Gasteiger partial charge is 0.0496 e. The molecule has 0 aromatic carbocycles. The Bertz CT molecular complexity index is 138. The molecule has 0 spiro atoms. The SMILES string of the molecule is CCCC(CO)C1=CCCC1. The topological polar surface area (TPSA) is 20.2 Å². The lowest BCUT2D eigenvalue weighted by Crippen LogP contribution is -2.07. The van der Waals surface area contributed by atoms with Crippen molar-refractivity contribution in [1.29, 1.82) is 0 Å². The van der Waals surface area contributed by atoms with E-state index in [1.54, 1.807) is 0 Å². The van der Waals surface area contributed by atoms with Gasteiger partial charge in [-0.25, -0.2) is 0 Å². The molecule has 0 bridgehead atoms. The molecular weight excluding hydrogens is 136 g/mol. The molecule has 1 nitrogen and oxygen atoms in total. The Kier molecular flexibility index (Phi) is 3.64. The summed E-state index contributed by atoms with van der Waals surface area (Å²) in [5.74, 6) is 0.475. The zero-order valence-electron chi connectivity index (χ0n) is 7.34. The fraction of sp³-hybridized carbons (Fsp3) is 0.800. The van der Waals surface area contributed by atoms with Crippen molar-refractivity contribution < 1.29 is 5.11 Å². The summed E-state index contributed by atoms with van der Waals surface area (Å²) in [6.45, 7) is 2.53. The van der Waals surface area contributed by atoms with Crippen molar-refractivity contribution in [3.8, 4) is 0 Å². The molecule has 0 heterocycles. The van der Waals surface area contributed by atoms with E-state index >= 15 is 0 Å². The Balaban J connectivity index is 2.40. The van der Waals surface area contributed by atoms with Crippen LogP contribution in [0.15, 0.2) is 11.6 Å². The van der Waals surface area contributed by atoms with Gasteiger partial charge in [0.2, 0.25) is 0 Å². The molecule has 0 saturated heterocycles. The minimum Gasteiger partial charge on any atom is -0.396 e. The fourth-order valence-corrected chi connectivity index (χ4v) is 1.81. The monoisotopic (exact) mass is 154 g/mol. The number of hydrogen-bond acceptors (Lipinski definition) is 1. The minimum absolute atomic E-state index is 0.347. The Hall–Kier alpha value is -0.300. The first-order chi connectivity index (χ1) is 5.38. The van der Waals surface area contributed by atoms with Gasteiger partial charge in [0.1, 0.15) is 0 Å². The molecule has 1 unspecified atom stereocenters. The summed E-state index contributed by atoms with van der Waals surface area (Å²) in [7, 11) is 0. The second kappa shape index (κ2) is 4.55. The molecule has 1 rings (SSSR count). The minimum atomic E-state index is 0.347. The molecule has 0 aromatic rings. The van der Waals surface area contributed by atoms with Crippen LogP contribution >= 0.6 is 0 Å². The van der Waals surface area contributed by atoms with Crippen LogP contribution in [-0.2, 0) is 0 Å². The van der Waals surface area contributed by atoms with Crippen molar-refractivity contribution in [2.45, 2.75) is 39.0 Å². The lowest BCUT2D eigenvalue weighted by atomic mass is 9.95. The van der Waals surface area contributed by atoms with Crippen LogP contribution in [0, 0.1) is 5.92 Å². The van der Waals surface area contributed by atoms with Crippen LogP contribution in [0.3, 0.4) is 0 Å². The largest absolute Gasteiger partial charge is 0.396 e. The van der Waals surface area contributed by atoms with Crippen LogP contribution in [0.25, 0.3) is 0 Å². The van der Waals surface area contributed by atoms with E-state index in [0.717, 1.165) is 6.42 Å². The summed E-state index contributed by atoms with van der Waals surface area (Å²) in [5.41, 5.74) is 1.51. The van der Waals surface area contributed by atoms with Crippen LogP contribution in [-0.4, -0.2) is 11.7 Å². The van der Waals surface area contributed by atoms with E-state index < -0.39 is 0 Å². The average molecular weight is 154 g/mol. The number of rotatable bonds is 4. The van der Waals surface area contributed by atoms with Gasteiger partial charge in [0, 0.05) is 12.5 Å². The van der Waals surface area contributed by atoms with Crippen LogP contribution in [0.5, 0.6) is 0 Å². The number of allylic oxidation sites excluding steroid dienone is 1. The second-order valence-electron chi connectivity index (χ2n) is 3.34. The maximum Gasteiger partial charge on any atom is 0.0496 e. The highest BCUT2D eigenvalue weighted by atomic mass is 16.3. The molecule has 0 saturated carbocycles. The summed E-state index contributed by atoms with van der Waals surface area (Å²) in [6, 6.07) is 0. The third kappa shape index (κ3) is 2.33. The van der Waals surface area contributed by atoms with Gasteiger partial charge in [-0.05, 0) is 25.7 Å². The highest BCUT2D eigenvalue weighted by Crippen LogP contribution is 2.27. The molecule has 1 atom stereocenters. The van der Waals surface area contributed by atoms with Crippen molar-refractivity contribution in [3.05, 3.63) is 11.6 Å². The summed E-state index contributed by atoms with van der Waals surface area (Å²) in [5, 5.41) is 9.08. The average Bonchev–Trinajstić information content (AvgIpc) is 2.52. The predicted molar refractivity (Wildman–Crippen MR) is 47.4 cm³/mol. The molecule has 1 aliphatic carbocycles. The number of aliphatic hydroxyl groups is 1. The second-order valence-corrected chi connectivity index (χ2v) is 3.34. The molecule has 0 radical (unpaired) electrons. The van der Waals surface area contributed by atoms with Gasteiger partial charge >= 0.3 is 0 Å². The summed E-state index contributed by atoms with van der Waals surface area (Å²) in [4.78, 5) is 0. The van der Waals surface area contributed by atoms with Gasteiger partial charge in [-0.15, -0.1) is 0 Å². The third-order valence-corrected chi connectivity index (χ3v) is 2.46. The van der Waals surface area contributed by atoms with E-state index in [1.807, 2.05) is 0 Å². The molecule has 0 amide bonds. The normalized spacial score (nSPS) is 20.0. The van der Waals surface area contributed by atoms with Crippen LogP contribution < -0.4 is 0 Å². The molecule has 0 fully saturated rings. The van der Waals surface area contributed by atoms with E-state index in [0.29, 0.717) is 12.5 Å². The van der Waals surface area contributed by atoms with E-state index in [-0.39, 0.29) is 0 Å². The summed E-state index contributed by atoms with van der Waals surface area (Å²) < 4.78 is 0. The van der Waals surface area contributed by atoms with E-state index in [4.69, 9.17) is 5.11 Å². The van der Waals surface area contributed by atoms with Gasteiger partial charge in [0.05, 0.1) is 0 Å². The molecule has 1 N–H and O–H groups in total. The molecule has 0 aromatic heterocycles. The van der Waals surface area contributed by atoms with Crippen molar-refractivity contribution >= 4 is 0 Å². The predicted octanol–water partition coefficient (Wildman–Crippen LogP) is 2.51. The first-order valence-electron chi connectivity index (χ1n) is 4.68. The highest BCUT2D eigenvalue weighted by molar-refractivity contribution is 5.11. The van der Waals surface area contributed by atoms with Crippen molar-refractivity contribution in [3.63, 3.8) is 0 Å². The van der Waals surface area contributed by atoms with Gasteiger partial charge in [-0.3, -0.25) is 0 Å². The van der Waals surface area contributed by atoms with Crippen LogP contribution in [0.1, 0.15) is 39.0 Å². The Labute approximate surface area is 69.1 Å². The van der Waals surface area contributed by atoms with Gasteiger partial charge in [-0.2, -0.15) is 0 Å². The molecule has 0 aliphatic heterocycles. The van der Waals surface area contributed by atoms with E-state index in [1.165, 1.54) is 31.3 Å². The third-order valence-electron chi connectivity index (χ3n) is 2.46. The van der Waals surface area contributed by atoms with Gasteiger partial charge in [0.15, 0.2) is 0 Å². The Morgan fingerprint density at radius 2 is 2.45 bits per heavy atom. The highest BCUT2D eigenvalue weighted by Gasteiger charge is 2.14. The lowest BCUT2D eigenvalue weighted by molar-refractivity contribution is 0.237. The fourth-order valence-electron chi connectivity index (χ4n) is 1.81.